The van der Waals surface area contributed by atoms with Crippen molar-refractivity contribution < 1.29 is 0 Å². The van der Waals surface area contributed by atoms with Crippen molar-refractivity contribution in [3.8, 4) is 0 Å². The lowest BCUT2D eigenvalue weighted by atomic mass is 10.1. The van der Waals surface area contributed by atoms with Crippen LogP contribution in [-0.4, -0.2) is 6.54 Å². The zero-order valence-electron chi connectivity index (χ0n) is 11.0. The van der Waals surface area contributed by atoms with Crippen LogP contribution in [0.5, 0.6) is 0 Å². The van der Waals surface area contributed by atoms with E-state index in [1.807, 2.05) is 31.2 Å². The number of halogens is 3. The van der Waals surface area contributed by atoms with Crippen LogP contribution in [0.2, 0.25) is 15.1 Å². The van der Waals surface area contributed by atoms with Crippen LogP contribution in [0.4, 0.5) is 5.69 Å². The van der Waals surface area contributed by atoms with Gasteiger partial charge in [0.15, 0.2) is 0 Å². The molecule has 20 heavy (non-hydrogen) atoms. The molecule has 0 spiro atoms. The van der Waals surface area contributed by atoms with Crippen molar-refractivity contribution in [1.82, 2.24) is 0 Å². The van der Waals surface area contributed by atoms with Crippen molar-refractivity contribution in [1.29, 1.82) is 0 Å². The molecule has 2 rings (SSSR count). The molecule has 0 aliphatic carbocycles. The second-order valence-electron chi connectivity index (χ2n) is 4.56. The van der Waals surface area contributed by atoms with E-state index in [1.54, 1.807) is 12.1 Å². The molecular formula is C15H15Cl3N2. The zero-order chi connectivity index (χ0) is 14.7. The van der Waals surface area contributed by atoms with Crippen molar-refractivity contribution in [2.24, 2.45) is 5.73 Å². The molecule has 0 aromatic heterocycles. The molecule has 106 valence electrons. The standard InChI is InChI=1S/C15H15Cl3N2/c1-9-2-4-11(7-14(9)18)20-15(8-19)12-6-10(16)3-5-13(12)17/h2-7,15,20H,8,19H2,1H3. The van der Waals surface area contributed by atoms with Gasteiger partial charge in [0.25, 0.3) is 0 Å². The van der Waals surface area contributed by atoms with Gasteiger partial charge in [-0.2, -0.15) is 0 Å². The summed E-state index contributed by atoms with van der Waals surface area (Å²) in [6.07, 6.45) is 0. The fourth-order valence-corrected chi connectivity index (χ4v) is 2.54. The first kappa shape index (κ1) is 15.5. The Morgan fingerprint density at radius 2 is 1.80 bits per heavy atom. The highest BCUT2D eigenvalue weighted by Gasteiger charge is 2.14. The van der Waals surface area contributed by atoms with Crippen LogP contribution < -0.4 is 11.1 Å². The van der Waals surface area contributed by atoms with Crippen molar-refractivity contribution >= 4 is 40.5 Å². The van der Waals surface area contributed by atoms with Crippen LogP contribution in [0.15, 0.2) is 36.4 Å². The molecule has 0 bridgehead atoms. The van der Waals surface area contributed by atoms with Crippen LogP contribution in [-0.2, 0) is 0 Å². The van der Waals surface area contributed by atoms with Crippen LogP contribution in [0, 0.1) is 6.92 Å². The van der Waals surface area contributed by atoms with Gasteiger partial charge in [0.2, 0.25) is 0 Å². The van der Waals surface area contributed by atoms with Gasteiger partial charge in [0.1, 0.15) is 0 Å². The van der Waals surface area contributed by atoms with E-state index in [0.29, 0.717) is 21.6 Å². The highest BCUT2D eigenvalue weighted by Crippen LogP contribution is 2.29. The summed E-state index contributed by atoms with van der Waals surface area (Å²) in [6, 6.07) is 11.0. The van der Waals surface area contributed by atoms with Crippen LogP contribution >= 0.6 is 34.8 Å². The van der Waals surface area contributed by atoms with E-state index in [4.69, 9.17) is 40.5 Å². The van der Waals surface area contributed by atoms with Crippen LogP contribution in [0.25, 0.3) is 0 Å². The minimum Gasteiger partial charge on any atom is -0.377 e. The molecule has 2 aromatic carbocycles. The molecule has 0 saturated heterocycles. The molecule has 1 atom stereocenters. The molecule has 0 radical (unpaired) electrons. The Morgan fingerprint density at radius 1 is 1.05 bits per heavy atom. The number of rotatable bonds is 4. The lowest BCUT2D eigenvalue weighted by molar-refractivity contribution is 0.790. The SMILES string of the molecule is Cc1ccc(NC(CN)c2cc(Cl)ccc2Cl)cc1Cl. The highest BCUT2D eigenvalue weighted by molar-refractivity contribution is 6.33. The molecule has 0 aliphatic rings. The van der Waals surface area contributed by atoms with Gasteiger partial charge in [-0.15, -0.1) is 0 Å². The third-order valence-electron chi connectivity index (χ3n) is 3.08. The molecule has 0 amide bonds. The predicted molar refractivity (Wildman–Crippen MR) is 88.1 cm³/mol. The first-order valence-corrected chi connectivity index (χ1v) is 7.32. The summed E-state index contributed by atoms with van der Waals surface area (Å²) in [5.74, 6) is 0. The van der Waals surface area contributed by atoms with E-state index in [0.717, 1.165) is 16.8 Å². The first-order valence-electron chi connectivity index (χ1n) is 6.19. The Labute approximate surface area is 133 Å². The molecule has 0 aliphatic heterocycles. The largest absolute Gasteiger partial charge is 0.377 e. The normalized spacial score (nSPS) is 12.2. The topological polar surface area (TPSA) is 38.0 Å². The van der Waals surface area contributed by atoms with Crippen LogP contribution in [0.1, 0.15) is 17.2 Å². The maximum atomic E-state index is 6.21. The Hall–Kier alpha value is -0.930. The number of hydrogen-bond donors (Lipinski definition) is 2. The van der Waals surface area contributed by atoms with E-state index in [1.165, 1.54) is 0 Å². The summed E-state index contributed by atoms with van der Waals surface area (Å²) in [4.78, 5) is 0. The average Bonchev–Trinajstić information content (AvgIpc) is 2.43. The summed E-state index contributed by atoms with van der Waals surface area (Å²) in [6.45, 7) is 2.35. The highest BCUT2D eigenvalue weighted by atomic mass is 35.5. The molecule has 1 unspecified atom stereocenters. The fraction of sp³-hybridized carbons (Fsp3) is 0.200. The van der Waals surface area contributed by atoms with Gasteiger partial charge in [0, 0.05) is 27.3 Å². The number of anilines is 1. The number of benzene rings is 2. The monoisotopic (exact) mass is 328 g/mol. The summed E-state index contributed by atoms with van der Waals surface area (Å²) in [5, 5.41) is 5.31. The maximum Gasteiger partial charge on any atom is 0.0651 e. The fourth-order valence-electron chi connectivity index (χ4n) is 1.93. The van der Waals surface area contributed by atoms with Gasteiger partial charge < -0.3 is 11.1 Å². The van der Waals surface area contributed by atoms with Gasteiger partial charge >= 0.3 is 0 Å². The minimum absolute atomic E-state index is 0.125. The number of nitrogens with one attached hydrogen (secondary N) is 1. The second kappa shape index (κ2) is 6.68. The van der Waals surface area contributed by atoms with E-state index < -0.39 is 0 Å². The zero-order valence-corrected chi connectivity index (χ0v) is 13.2. The lowest BCUT2D eigenvalue weighted by Crippen LogP contribution is -2.21. The van der Waals surface area contributed by atoms with Crippen molar-refractivity contribution in [2.75, 3.05) is 11.9 Å². The van der Waals surface area contributed by atoms with Crippen molar-refractivity contribution in [3.63, 3.8) is 0 Å². The summed E-state index contributed by atoms with van der Waals surface area (Å²) >= 11 is 18.4. The number of nitrogens with two attached hydrogens (primary N) is 1. The third-order valence-corrected chi connectivity index (χ3v) is 4.07. The molecule has 3 N–H and O–H groups in total. The van der Waals surface area contributed by atoms with E-state index in [2.05, 4.69) is 5.32 Å². The summed E-state index contributed by atoms with van der Waals surface area (Å²) in [7, 11) is 0. The van der Waals surface area contributed by atoms with E-state index in [9.17, 15) is 0 Å². The Morgan fingerprint density at radius 3 is 2.45 bits per heavy atom. The first-order chi connectivity index (χ1) is 9.51. The number of aryl methyl sites for hydroxylation is 1. The van der Waals surface area contributed by atoms with Crippen LogP contribution in [0.3, 0.4) is 0 Å². The number of hydrogen-bond acceptors (Lipinski definition) is 2. The maximum absolute atomic E-state index is 6.21. The van der Waals surface area contributed by atoms with Gasteiger partial charge in [0.05, 0.1) is 6.04 Å². The quantitative estimate of drug-likeness (QED) is 0.822. The summed E-state index contributed by atoms with van der Waals surface area (Å²) in [5.41, 5.74) is 8.64. The molecule has 0 fully saturated rings. The Balaban J connectivity index is 2.28. The average molecular weight is 330 g/mol. The minimum atomic E-state index is -0.125. The molecular weight excluding hydrogens is 315 g/mol. The molecule has 5 heteroatoms. The smallest absolute Gasteiger partial charge is 0.0651 e. The van der Waals surface area contributed by atoms with E-state index >= 15 is 0 Å². The Kier molecular flexibility index (Phi) is 5.17. The molecule has 0 saturated carbocycles. The van der Waals surface area contributed by atoms with Gasteiger partial charge in [-0.3, -0.25) is 0 Å². The molecule has 2 nitrogen and oxygen atoms in total. The van der Waals surface area contributed by atoms with Crippen molar-refractivity contribution in [2.45, 2.75) is 13.0 Å². The van der Waals surface area contributed by atoms with Gasteiger partial charge in [-0.25, -0.2) is 0 Å². The lowest BCUT2D eigenvalue weighted by Gasteiger charge is -2.20. The summed E-state index contributed by atoms with van der Waals surface area (Å²) < 4.78 is 0. The van der Waals surface area contributed by atoms with Gasteiger partial charge in [-0.1, -0.05) is 40.9 Å². The van der Waals surface area contributed by atoms with Gasteiger partial charge in [-0.05, 0) is 48.4 Å². The second-order valence-corrected chi connectivity index (χ2v) is 5.81. The molecule has 0 heterocycles. The van der Waals surface area contributed by atoms with Crippen molar-refractivity contribution in [3.05, 3.63) is 62.6 Å². The third kappa shape index (κ3) is 3.58. The van der Waals surface area contributed by atoms with E-state index in [-0.39, 0.29) is 6.04 Å². The Bertz CT molecular complexity index is 614. The molecule has 2 aromatic rings. The predicted octanol–water partition coefficient (Wildman–Crippen LogP) is 5.07.